The van der Waals surface area contributed by atoms with E-state index in [1.807, 2.05) is 108 Å². The summed E-state index contributed by atoms with van der Waals surface area (Å²) in [4.78, 5) is 42.2. The third kappa shape index (κ3) is 10.1. The maximum atomic E-state index is 4.75. The van der Waals surface area contributed by atoms with E-state index in [1.54, 1.807) is 47.0 Å². The molecule has 58 heavy (non-hydrogen) atoms. The van der Waals surface area contributed by atoms with Crippen molar-refractivity contribution in [3.05, 3.63) is 114 Å². The van der Waals surface area contributed by atoms with Crippen LogP contribution < -0.4 is 4.90 Å². The molecule has 0 atom stereocenters. The molecule has 4 heterocycles. The van der Waals surface area contributed by atoms with Crippen molar-refractivity contribution in [3.8, 4) is 0 Å². The van der Waals surface area contributed by atoms with E-state index in [2.05, 4.69) is 112 Å². The molecule has 2 aliphatic heterocycles. The Balaban J connectivity index is 0.000000165. The van der Waals surface area contributed by atoms with Crippen LogP contribution in [0, 0.1) is 13.8 Å². The van der Waals surface area contributed by atoms with Gasteiger partial charge in [-0.15, -0.1) is 0 Å². The van der Waals surface area contributed by atoms with Gasteiger partial charge in [0.05, 0.1) is 0 Å². The maximum absolute atomic E-state index is 4.75. The summed E-state index contributed by atoms with van der Waals surface area (Å²) in [6, 6.07) is 36.6. The summed E-state index contributed by atoms with van der Waals surface area (Å²) in [6.45, 7) is 4.28. The summed E-state index contributed by atoms with van der Waals surface area (Å²) >= 11 is 15.1. The fourth-order valence-electron chi connectivity index (χ4n) is 5.61. The Morgan fingerprint density at radius 2 is 0.793 bits per heavy atom. The van der Waals surface area contributed by atoms with Crippen LogP contribution in [-0.2, 0) is 0 Å². The van der Waals surface area contributed by atoms with Crippen molar-refractivity contribution in [2.75, 3.05) is 30.7 Å². The number of aryl methyl sites for hydroxylation is 2. The Labute approximate surface area is 377 Å². The first-order valence-electron chi connectivity index (χ1n) is 17.7. The zero-order chi connectivity index (χ0) is 40.2. The van der Waals surface area contributed by atoms with Crippen molar-refractivity contribution in [2.45, 2.75) is 88.6 Å². The van der Waals surface area contributed by atoms with Crippen molar-refractivity contribution in [2.24, 2.45) is 0 Å². The second-order valence-corrected chi connectivity index (χ2v) is 21.4. The van der Waals surface area contributed by atoms with Crippen LogP contribution in [0.1, 0.15) is 11.1 Å². The monoisotopic (exact) mass is 925 g/mol. The number of aromatic nitrogens is 6. The van der Waals surface area contributed by atoms with E-state index in [0.717, 1.165) is 30.9 Å². The number of hydrogen-bond acceptors (Lipinski definition) is 16. The molecule has 0 saturated heterocycles. The summed E-state index contributed by atoms with van der Waals surface area (Å²) < 4.78 is 0. The van der Waals surface area contributed by atoms with Crippen LogP contribution in [0.15, 0.2) is 178 Å². The zero-order valence-corrected chi connectivity index (χ0v) is 39.5. The van der Waals surface area contributed by atoms with Gasteiger partial charge >= 0.3 is 0 Å². The molecule has 292 valence electrons. The van der Waals surface area contributed by atoms with Gasteiger partial charge in [0, 0.05) is 61.7 Å². The van der Waals surface area contributed by atoms with Crippen molar-refractivity contribution in [1.82, 2.24) is 29.9 Å². The van der Waals surface area contributed by atoms with E-state index in [9.17, 15) is 0 Å². The smallest absolute Gasteiger partial charge is 0.234 e. The SMILES string of the molecule is CSc1nc(SC)nc(Sc2ccc3c(c2)Sc2ccc(C)cc2S3)n1.CSc1nc(Sc2ccc3c(c2)Sc2ccc(C)cc2S3)nc(N(C)c2ccccc2)n1. The maximum Gasteiger partial charge on any atom is 0.234 e. The molecule has 0 N–H and O–H groups in total. The van der Waals surface area contributed by atoms with Gasteiger partial charge in [-0.3, -0.25) is 0 Å². The summed E-state index contributed by atoms with van der Waals surface area (Å²) in [5, 5.41) is 3.69. The highest BCUT2D eigenvalue weighted by molar-refractivity contribution is 8.05. The van der Waals surface area contributed by atoms with Crippen LogP contribution in [0.5, 0.6) is 0 Å². The lowest BCUT2D eigenvalue weighted by Crippen LogP contribution is -2.14. The summed E-state index contributed by atoms with van der Waals surface area (Å²) in [7, 11) is 1.98. The normalized spacial score (nSPS) is 12.4. The first-order valence-corrected chi connectivity index (χ1v) is 26.3. The van der Waals surface area contributed by atoms with E-state index in [4.69, 9.17) is 4.98 Å². The van der Waals surface area contributed by atoms with Crippen molar-refractivity contribution >= 4 is 117 Å². The lowest BCUT2D eigenvalue weighted by atomic mass is 10.2. The molecule has 5 aromatic carbocycles. The van der Waals surface area contributed by atoms with Gasteiger partial charge in [0.1, 0.15) is 0 Å². The van der Waals surface area contributed by atoms with Crippen molar-refractivity contribution < 1.29 is 0 Å². The minimum Gasteiger partial charge on any atom is -0.313 e. The summed E-state index contributed by atoms with van der Waals surface area (Å²) in [5.74, 6) is 0.644. The van der Waals surface area contributed by atoms with E-state index < -0.39 is 0 Å². The van der Waals surface area contributed by atoms with Crippen LogP contribution in [0.2, 0.25) is 0 Å². The molecular formula is C42H35N7S9. The molecule has 0 unspecified atom stereocenters. The largest absolute Gasteiger partial charge is 0.313 e. The molecule has 9 rings (SSSR count). The molecule has 2 aliphatic rings. The second-order valence-electron chi connectivity index (χ2n) is 12.6. The lowest BCUT2D eigenvalue weighted by Gasteiger charge is -2.19. The first kappa shape index (κ1) is 41.8. The molecular weight excluding hydrogens is 891 g/mol. The number of benzene rings is 5. The van der Waals surface area contributed by atoms with Crippen LogP contribution in [0.4, 0.5) is 11.6 Å². The number of anilines is 2. The Kier molecular flexibility index (Phi) is 13.8. The van der Waals surface area contributed by atoms with Gasteiger partial charge in [0.2, 0.25) is 5.95 Å². The highest BCUT2D eigenvalue weighted by Crippen LogP contribution is 2.51. The molecule has 0 saturated carbocycles. The molecule has 0 bridgehead atoms. The molecule has 7 nitrogen and oxygen atoms in total. The second kappa shape index (κ2) is 19.2. The van der Waals surface area contributed by atoms with E-state index >= 15 is 0 Å². The Morgan fingerprint density at radius 1 is 0.414 bits per heavy atom. The van der Waals surface area contributed by atoms with Gasteiger partial charge in [0.25, 0.3) is 0 Å². The molecule has 16 heteroatoms. The van der Waals surface area contributed by atoms with Gasteiger partial charge < -0.3 is 4.90 Å². The number of para-hydroxylation sites is 1. The Hall–Kier alpha value is -2.93. The third-order valence-corrected chi connectivity index (χ3v) is 16.9. The Bertz CT molecular complexity index is 2590. The van der Waals surface area contributed by atoms with Gasteiger partial charge in [-0.05, 0) is 140 Å². The summed E-state index contributed by atoms with van der Waals surface area (Å²) in [6.07, 6.45) is 5.96. The third-order valence-electron chi connectivity index (χ3n) is 8.47. The zero-order valence-electron chi connectivity index (χ0n) is 32.1. The number of hydrogen-bond donors (Lipinski definition) is 0. The van der Waals surface area contributed by atoms with E-state index in [-0.39, 0.29) is 0 Å². The number of thioether (sulfide) groups is 3. The first-order chi connectivity index (χ1) is 28.2. The molecule has 0 aliphatic carbocycles. The number of rotatable bonds is 9. The summed E-state index contributed by atoms with van der Waals surface area (Å²) in [5.41, 5.74) is 3.64. The minimum atomic E-state index is 0.644. The fourth-order valence-corrected chi connectivity index (χ4v) is 13.3. The molecule has 0 spiro atoms. The molecule has 0 radical (unpaired) electrons. The highest BCUT2D eigenvalue weighted by Gasteiger charge is 2.20. The van der Waals surface area contributed by atoms with Crippen molar-refractivity contribution in [3.63, 3.8) is 0 Å². The topological polar surface area (TPSA) is 80.6 Å². The quantitative estimate of drug-likeness (QED) is 0.129. The predicted octanol–water partition coefficient (Wildman–Crippen LogP) is 13.8. The highest BCUT2D eigenvalue weighted by atomic mass is 32.2. The van der Waals surface area contributed by atoms with Gasteiger partial charge in [-0.1, -0.05) is 113 Å². The van der Waals surface area contributed by atoms with E-state index in [0.29, 0.717) is 16.3 Å². The molecule has 2 aromatic heterocycles. The fraction of sp³-hybridized carbons (Fsp3) is 0.143. The molecule has 0 amide bonds. The average Bonchev–Trinajstić information content (AvgIpc) is 3.25. The van der Waals surface area contributed by atoms with Gasteiger partial charge in [-0.25, -0.2) is 0 Å². The molecule has 0 fully saturated rings. The van der Waals surface area contributed by atoms with Crippen LogP contribution >= 0.6 is 106 Å². The number of nitrogens with zero attached hydrogens (tertiary/aromatic N) is 7. The van der Waals surface area contributed by atoms with Gasteiger partial charge in [0.15, 0.2) is 25.8 Å². The Morgan fingerprint density at radius 3 is 1.26 bits per heavy atom. The number of fused-ring (bicyclic) bond motifs is 4. The predicted molar refractivity (Wildman–Crippen MR) is 249 cm³/mol. The van der Waals surface area contributed by atoms with Crippen LogP contribution in [0.25, 0.3) is 0 Å². The van der Waals surface area contributed by atoms with Crippen LogP contribution in [-0.4, -0.2) is 55.7 Å². The standard InChI is InChI=1S/C24H20N4S4.C18H15N3S5/c1-15-9-11-18-20(13-15)31-19-12-10-17(14-21(19)32-18)30-24-26-22(25-23(27-24)29-3)28(2)16-7-5-4-6-8-16;1-10-4-6-12-14(8-10)25-13-7-5-11(9-15(13)26-12)24-18-20-16(22-2)19-17(21-18)23-3/h4-14H,1-3H3;4-9H,1-3H3. The minimum absolute atomic E-state index is 0.644. The lowest BCUT2D eigenvalue weighted by molar-refractivity contribution is 0.719. The van der Waals surface area contributed by atoms with E-state index in [1.165, 1.54) is 62.1 Å². The van der Waals surface area contributed by atoms with Crippen molar-refractivity contribution in [1.29, 1.82) is 0 Å². The van der Waals surface area contributed by atoms with Crippen LogP contribution in [0.3, 0.4) is 0 Å². The average molecular weight is 926 g/mol. The van der Waals surface area contributed by atoms with Gasteiger partial charge in [-0.2, -0.15) is 29.9 Å². The molecule has 7 aromatic rings.